The van der Waals surface area contributed by atoms with Crippen LogP contribution in [0.1, 0.15) is 10.5 Å². The van der Waals surface area contributed by atoms with Crippen molar-refractivity contribution in [3.63, 3.8) is 0 Å². The minimum Gasteiger partial charge on any atom is -0.349 e. The molecule has 0 spiro atoms. The Morgan fingerprint density at radius 2 is 1.67 bits per heavy atom. The number of nitrogens with zero attached hydrogens (tertiary/aromatic N) is 3. The summed E-state index contributed by atoms with van der Waals surface area (Å²) in [4.78, 5) is 27.6. The summed E-state index contributed by atoms with van der Waals surface area (Å²) in [6, 6.07) is 12.5. The second kappa shape index (κ2) is 7.71. The van der Waals surface area contributed by atoms with Crippen molar-refractivity contribution in [1.82, 2.24) is 14.2 Å². The molecule has 156 valence electrons. The molecule has 0 unspecified atom stereocenters. The summed E-state index contributed by atoms with van der Waals surface area (Å²) in [5, 5.41) is 12.3. The monoisotopic (exact) mass is 448 g/mol. The number of piperazine rings is 1. The number of amides is 1. The maximum Gasteiger partial charge on any atom is 0.289 e. The lowest BCUT2D eigenvalue weighted by atomic mass is 10.2. The Hall–Kier alpha value is -2.95. The van der Waals surface area contributed by atoms with Crippen LogP contribution in [0.15, 0.2) is 53.4 Å². The Bertz CT molecular complexity index is 1250. The van der Waals surface area contributed by atoms with E-state index in [4.69, 9.17) is 11.6 Å². The molecule has 0 radical (unpaired) electrons. The minimum atomic E-state index is -4.06. The Morgan fingerprint density at radius 1 is 1.03 bits per heavy atom. The van der Waals surface area contributed by atoms with Gasteiger partial charge in [-0.25, -0.2) is 8.42 Å². The van der Waals surface area contributed by atoms with Crippen LogP contribution in [-0.4, -0.2) is 59.6 Å². The van der Waals surface area contributed by atoms with E-state index in [1.54, 1.807) is 0 Å². The molecule has 2 heterocycles. The molecule has 1 saturated heterocycles. The van der Waals surface area contributed by atoms with E-state index in [9.17, 15) is 23.3 Å². The van der Waals surface area contributed by atoms with E-state index in [2.05, 4.69) is 4.98 Å². The normalized spacial score (nSPS) is 15.4. The number of nitro benzene ring substituents is 1. The number of H-pyrrole nitrogens is 1. The maximum atomic E-state index is 12.9. The minimum absolute atomic E-state index is 0.0258. The van der Waals surface area contributed by atoms with Crippen LogP contribution in [-0.2, 0) is 10.0 Å². The smallest absolute Gasteiger partial charge is 0.289 e. The van der Waals surface area contributed by atoms with Gasteiger partial charge in [-0.3, -0.25) is 14.9 Å². The number of carbonyl (C=O) groups is 1. The summed E-state index contributed by atoms with van der Waals surface area (Å²) in [5.41, 5.74) is 0.525. The van der Waals surface area contributed by atoms with Crippen LogP contribution in [0.5, 0.6) is 0 Å². The summed E-state index contributed by atoms with van der Waals surface area (Å²) in [7, 11) is -4.06. The number of nitro groups is 1. The molecule has 9 nitrogen and oxygen atoms in total. The zero-order valence-corrected chi connectivity index (χ0v) is 17.2. The lowest BCUT2D eigenvalue weighted by Gasteiger charge is -2.33. The molecule has 30 heavy (non-hydrogen) atoms. The second-order valence-corrected chi connectivity index (χ2v) is 9.07. The number of rotatable bonds is 4. The van der Waals surface area contributed by atoms with Gasteiger partial charge in [0.05, 0.1) is 9.95 Å². The van der Waals surface area contributed by atoms with Crippen LogP contribution in [0.4, 0.5) is 5.69 Å². The SMILES string of the molecule is O=C(c1[nH]c2ccccc2c1Cl)N1CCN(S(=O)(=O)c2ccccc2[N+](=O)[O-])CC1. The average Bonchev–Trinajstić information content (AvgIpc) is 3.10. The Labute approximate surface area is 177 Å². The molecule has 1 aromatic heterocycles. The zero-order chi connectivity index (χ0) is 21.5. The Morgan fingerprint density at radius 3 is 2.33 bits per heavy atom. The molecular formula is C19H17ClN4O5S. The van der Waals surface area contributed by atoms with Crippen molar-refractivity contribution in [2.75, 3.05) is 26.2 Å². The largest absolute Gasteiger partial charge is 0.349 e. The number of nitrogens with one attached hydrogen (secondary N) is 1. The van der Waals surface area contributed by atoms with Crippen molar-refractivity contribution >= 4 is 44.1 Å². The van der Waals surface area contributed by atoms with Crippen molar-refractivity contribution in [3.8, 4) is 0 Å². The van der Waals surface area contributed by atoms with Gasteiger partial charge in [0.1, 0.15) is 5.69 Å². The van der Waals surface area contributed by atoms with Gasteiger partial charge in [0.25, 0.3) is 11.6 Å². The third-order valence-electron chi connectivity index (χ3n) is 5.06. The van der Waals surface area contributed by atoms with Crippen molar-refractivity contribution in [2.45, 2.75) is 4.90 Å². The molecular weight excluding hydrogens is 432 g/mol. The predicted octanol–water partition coefficient (Wildman–Crippen LogP) is 2.88. The molecule has 1 N–H and O–H groups in total. The number of carbonyl (C=O) groups excluding carboxylic acids is 1. The lowest BCUT2D eigenvalue weighted by molar-refractivity contribution is -0.387. The quantitative estimate of drug-likeness (QED) is 0.486. The third kappa shape index (κ3) is 3.42. The van der Waals surface area contributed by atoms with Crippen LogP contribution < -0.4 is 0 Å². The fourth-order valence-corrected chi connectivity index (χ4v) is 5.38. The molecule has 3 aromatic rings. The lowest BCUT2D eigenvalue weighted by Crippen LogP contribution is -2.50. The highest BCUT2D eigenvalue weighted by Gasteiger charge is 2.35. The van der Waals surface area contributed by atoms with Crippen molar-refractivity contribution in [2.24, 2.45) is 0 Å². The van der Waals surface area contributed by atoms with Crippen LogP contribution in [0.2, 0.25) is 5.02 Å². The van der Waals surface area contributed by atoms with E-state index >= 15 is 0 Å². The van der Waals surface area contributed by atoms with E-state index in [1.165, 1.54) is 23.1 Å². The summed E-state index contributed by atoms with van der Waals surface area (Å²) in [6.45, 7) is 0.338. The fraction of sp³-hybridized carbons (Fsp3) is 0.211. The topological polar surface area (TPSA) is 117 Å². The number of fused-ring (bicyclic) bond motifs is 1. The van der Waals surface area contributed by atoms with Gasteiger partial charge >= 0.3 is 0 Å². The molecule has 4 rings (SSSR count). The maximum absolute atomic E-state index is 12.9. The fourth-order valence-electron chi connectivity index (χ4n) is 3.51. The molecule has 1 aliphatic heterocycles. The highest BCUT2D eigenvalue weighted by molar-refractivity contribution is 7.89. The Kier molecular flexibility index (Phi) is 5.22. The van der Waals surface area contributed by atoms with Gasteiger partial charge in [0.15, 0.2) is 4.90 Å². The molecule has 0 aliphatic carbocycles. The first-order valence-electron chi connectivity index (χ1n) is 9.10. The molecule has 0 bridgehead atoms. The van der Waals surface area contributed by atoms with E-state index in [-0.39, 0.29) is 42.7 Å². The first-order chi connectivity index (χ1) is 14.3. The summed E-state index contributed by atoms with van der Waals surface area (Å²) in [5.74, 6) is -0.320. The second-order valence-electron chi connectivity index (χ2n) is 6.78. The standard InChI is InChI=1S/C19H17ClN4O5S/c20-17-13-5-1-2-6-14(13)21-18(17)19(25)22-9-11-23(12-10-22)30(28,29)16-8-4-3-7-15(16)24(26)27/h1-8,21H,9-12H2. The van der Waals surface area contributed by atoms with E-state index in [1.807, 2.05) is 24.3 Å². The first kappa shape index (κ1) is 20.3. The van der Waals surface area contributed by atoms with Gasteiger partial charge in [0.2, 0.25) is 10.0 Å². The van der Waals surface area contributed by atoms with Gasteiger partial charge in [0, 0.05) is 43.1 Å². The van der Waals surface area contributed by atoms with Crippen LogP contribution in [0, 0.1) is 10.1 Å². The van der Waals surface area contributed by atoms with E-state index in [0.29, 0.717) is 5.02 Å². The van der Waals surface area contributed by atoms with E-state index in [0.717, 1.165) is 21.3 Å². The van der Waals surface area contributed by atoms with Gasteiger partial charge in [-0.05, 0) is 12.1 Å². The highest BCUT2D eigenvalue weighted by Crippen LogP contribution is 2.30. The third-order valence-corrected chi connectivity index (χ3v) is 7.40. The number of sulfonamides is 1. The molecule has 2 aromatic carbocycles. The van der Waals surface area contributed by atoms with E-state index < -0.39 is 20.6 Å². The number of hydrogen-bond acceptors (Lipinski definition) is 5. The van der Waals surface area contributed by atoms with Gasteiger partial charge in [-0.15, -0.1) is 0 Å². The average molecular weight is 449 g/mol. The van der Waals surface area contributed by atoms with Crippen molar-refractivity contribution in [3.05, 3.63) is 69.4 Å². The van der Waals surface area contributed by atoms with Crippen LogP contribution in [0.25, 0.3) is 10.9 Å². The molecule has 1 fully saturated rings. The highest BCUT2D eigenvalue weighted by atomic mass is 35.5. The number of benzene rings is 2. The van der Waals surface area contributed by atoms with Crippen molar-refractivity contribution in [1.29, 1.82) is 0 Å². The Balaban J connectivity index is 1.53. The number of halogens is 1. The van der Waals surface area contributed by atoms with Gasteiger partial charge < -0.3 is 9.88 Å². The van der Waals surface area contributed by atoms with Crippen LogP contribution in [0.3, 0.4) is 0 Å². The van der Waals surface area contributed by atoms with Crippen LogP contribution >= 0.6 is 11.6 Å². The molecule has 0 atom stereocenters. The zero-order valence-electron chi connectivity index (χ0n) is 15.6. The predicted molar refractivity (Wildman–Crippen MR) is 111 cm³/mol. The molecule has 1 amide bonds. The molecule has 0 saturated carbocycles. The first-order valence-corrected chi connectivity index (χ1v) is 10.9. The number of para-hydroxylation sites is 2. The van der Waals surface area contributed by atoms with Gasteiger partial charge in [-0.2, -0.15) is 4.31 Å². The summed E-state index contributed by atoms with van der Waals surface area (Å²) >= 11 is 6.35. The van der Waals surface area contributed by atoms with Gasteiger partial charge in [-0.1, -0.05) is 41.9 Å². The van der Waals surface area contributed by atoms with Crippen molar-refractivity contribution < 1.29 is 18.1 Å². The summed E-state index contributed by atoms with van der Waals surface area (Å²) < 4.78 is 27.0. The number of aromatic nitrogens is 1. The number of hydrogen-bond donors (Lipinski definition) is 1. The number of aromatic amines is 1. The summed E-state index contributed by atoms with van der Waals surface area (Å²) in [6.07, 6.45) is 0. The molecule has 1 aliphatic rings. The molecule has 11 heteroatoms.